The summed E-state index contributed by atoms with van der Waals surface area (Å²) in [6.07, 6.45) is 0.997. The molecule has 2 aromatic rings. The Balaban J connectivity index is 2.92. The standard InChI is InChI=1S/C9H5Cl2FN2O/c1-4(15)5-2-6(10)8-7(12)3-13-14(8)9(5)11/h2-3H,1H3. The zero-order chi connectivity index (χ0) is 11.2. The minimum Gasteiger partial charge on any atom is -0.294 e. The van der Waals surface area contributed by atoms with E-state index in [0.717, 1.165) is 10.7 Å². The van der Waals surface area contributed by atoms with Crippen molar-refractivity contribution < 1.29 is 9.18 Å². The molecule has 0 radical (unpaired) electrons. The van der Waals surface area contributed by atoms with Crippen molar-refractivity contribution in [3.8, 4) is 0 Å². The zero-order valence-corrected chi connectivity index (χ0v) is 9.10. The molecule has 0 N–H and O–H groups in total. The van der Waals surface area contributed by atoms with Gasteiger partial charge in [0.05, 0.1) is 16.8 Å². The molecule has 6 heteroatoms. The highest BCUT2D eigenvalue weighted by Crippen LogP contribution is 2.27. The number of carbonyl (C=O) groups is 1. The number of hydrogen-bond donors (Lipinski definition) is 0. The van der Waals surface area contributed by atoms with E-state index in [4.69, 9.17) is 23.2 Å². The van der Waals surface area contributed by atoms with Crippen LogP contribution in [0.3, 0.4) is 0 Å². The van der Waals surface area contributed by atoms with Crippen LogP contribution in [0.1, 0.15) is 17.3 Å². The molecule has 0 bridgehead atoms. The largest absolute Gasteiger partial charge is 0.294 e. The topological polar surface area (TPSA) is 34.4 Å². The number of halogens is 3. The average Bonchev–Trinajstić information content (AvgIpc) is 2.54. The van der Waals surface area contributed by atoms with Crippen LogP contribution >= 0.6 is 23.2 Å². The summed E-state index contributed by atoms with van der Waals surface area (Å²) < 4.78 is 14.3. The number of hydrogen-bond acceptors (Lipinski definition) is 2. The summed E-state index contributed by atoms with van der Waals surface area (Å²) in [7, 11) is 0. The molecule has 0 amide bonds. The molecule has 0 saturated heterocycles. The first kappa shape index (κ1) is 10.4. The first-order valence-electron chi connectivity index (χ1n) is 4.04. The van der Waals surface area contributed by atoms with E-state index in [-0.39, 0.29) is 27.0 Å². The summed E-state index contributed by atoms with van der Waals surface area (Å²) in [4.78, 5) is 11.2. The Morgan fingerprint density at radius 2 is 2.20 bits per heavy atom. The van der Waals surface area contributed by atoms with E-state index in [1.165, 1.54) is 13.0 Å². The highest BCUT2D eigenvalue weighted by Gasteiger charge is 2.16. The van der Waals surface area contributed by atoms with Gasteiger partial charge in [-0.1, -0.05) is 23.2 Å². The normalized spacial score (nSPS) is 10.9. The van der Waals surface area contributed by atoms with Crippen LogP contribution in [0.4, 0.5) is 4.39 Å². The number of carbonyl (C=O) groups excluding carboxylic acids is 1. The number of Topliss-reactive ketones (excluding diaryl/α,β-unsaturated/α-hetero) is 1. The quantitative estimate of drug-likeness (QED) is 0.573. The van der Waals surface area contributed by atoms with E-state index >= 15 is 0 Å². The van der Waals surface area contributed by atoms with Crippen LogP contribution in [0.15, 0.2) is 12.3 Å². The molecule has 0 spiro atoms. The predicted octanol–water partition coefficient (Wildman–Crippen LogP) is 2.98. The number of pyridine rings is 1. The van der Waals surface area contributed by atoms with E-state index < -0.39 is 5.82 Å². The van der Waals surface area contributed by atoms with Crippen LogP contribution in [-0.4, -0.2) is 15.4 Å². The van der Waals surface area contributed by atoms with Crippen LogP contribution in [0.2, 0.25) is 10.2 Å². The van der Waals surface area contributed by atoms with Gasteiger partial charge in [-0.25, -0.2) is 8.91 Å². The van der Waals surface area contributed by atoms with Gasteiger partial charge in [0.1, 0.15) is 10.7 Å². The third-order valence-electron chi connectivity index (χ3n) is 2.01. The molecule has 0 aliphatic carbocycles. The van der Waals surface area contributed by atoms with Crippen molar-refractivity contribution in [2.75, 3.05) is 0 Å². The van der Waals surface area contributed by atoms with Gasteiger partial charge in [0.25, 0.3) is 0 Å². The number of fused-ring (bicyclic) bond motifs is 1. The Morgan fingerprint density at radius 1 is 1.53 bits per heavy atom. The molecule has 0 aliphatic heterocycles. The second kappa shape index (κ2) is 3.47. The van der Waals surface area contributed by atoms with Gasteiger partial charge in [0, 0.05) is 0 Å². The second-order valence-electron chi connectivity index (χ2n) is 3.01. The molecule has 0 saturated carbocycles. The lowest BCUT2D eigenvalue weighted by Gasteiger charge is -2.04. The van der Waals surface area contributed by atoms with Gasteiger partial charge in [-0.3, -0.25) is 4.79 Å². The van der Waals surface area contributed by atoms with E-state index in [1.807, 2.05) is 0 Å². The molecular formula is C9H5Cl2FN2O. The van der Waals surface area contributed by atoms with Crippen molar-refractivity contribution in [1.82, 2.24) is 9.61 Å². The second-order valence-corrected chi connectivity index (χ2v) is 3.77. The molecule has 78 valence electrons. The van der Waals surface area contributed by atoms with E-state index in [1.54, 1.807) is 0 Å². The van der Waals surface area contributed by atoms with Crippen molar-refractivity contribution in [3.63, 3.8) is 0 Å². The minimum atomic E-state index is -0.572. The molecule has 0 unspecified atom stereocenters. The highest BCUT2D eigenvalue weighted by atomic mass is 35.5. The molecule has 0 fully saturated rings. The molecule has 2 rings (SSSR count). The van der Waals surface area contributed by atoms with Gasteiger partial charge < -0.3 is 0 Å². The molecule has 3 nitrogen and oxygen atoms in total. The number of rotatable bonds is 1. The van der Waals surface area contributed by atoms with Gasteiger partial charge >= 0.3 is 0 Å². The lowest BCUT2D eigenvalue weighted by atomic mass is 10.2. The van der Waals surface area contributed by atoms with Crippen LogP contribution < -0.4 is 0 Å². The van der Waals surface area contributed by atoms with Crippen LogP contribution in [0, 0.1) is 5.82 Å². The molecule has 0 atom stereocenters. The average molecular weight is 247 g/mol. The Morgan fingerprint density at radius 3 is 2.80 bits per heavy atom. The summed E-state index contributed by atoms with van der Waals surface area (Å²) in [6.45, 7) is 1.35. The van der Waals surface area contributed by atoms with E-state index in [2.05, 4.69) is 5.10 Å². The van der Waals surface area contributed by atoms with Crippen molar-refractivity contribution in [2.45, 2.75) is 6.92 Å². The molecule has 2 aromatic heterocycles. The fraction of sp³-hybridized carbons (Fsp3) is 0.111. The van der Waals surface area contributed by atoms with Gasteiger partial charge in [-0.05, 0) is 13.0 Å². The monoisotopic (exact) mass is 246 g/mol. The first-order valence-corrected chi connectivity index (χ1v) is 4.80. The number of nitrogens with zero attached hydrogens (tertiary/aromatic N) is 2. The smallest absolute Gasteiger partial charge is 0.170 e. The zero-order valence-electron chi connectivity index (χ0n) is 7.59. The van der Waals surface area contributed by atoms with E-state index in [0.29, 0.717) is 0 Å². The van der Waals surface area contributed by atoms with E-state index in [9.17, 15) is 9.18 Å². The van der Waals surface area contributed by atoms with Crippen molar-refractivity contribution >= 4 is 34.5 Å². The maximum absolute atomic E-state index is 13.2. The number of aromatic nitrogens is 2. The highest BCUT2D eigenvalue weighted by molar-refractivity contribution is 6.37. The summed E-state index contributed by atoms with van der Waals surface area (Å²) in [5, 5.41) is 3.87. The van der Waals surface area contributed by atoms with Crippen molar-refractivity contribution in [1.29, 1.82) is 0 Å². The predicted molar refractivity (Wildman–Crippen MR) is 55.2 cm³/mol. The molecule has 2 heterocycles. The Labute approximate surface area is 94.4 Å². The lowest BCUT2D eigenvalue weighted by molar-refractivity contribution is 0.101. The maximum Gasteiger partial charge on any atom is 0.170 e. The van der Waals surface area contributed by atoms with Gasteiger partial charge in [-0.15, -0.1) is 0 Å². The lowest BCUT2D eigenvalue weighted by Crippen LogP contribution is -2.00. The van der Waals surface area contributed by atoms with Crippen molar-refractivity contribution in [2.24, 2.45) is 0 Å². The van der Waals surface area contributed by atoms with Gasteiger partial charge in [-0.2, -0.15) is 5.10 Å². The number of ketones is 1. The summed E-state index contributed by atoms with van der Waals surface area (Å²) in [5.74, 6) is -0.822. The fourth-order valence-corrected chi connectivity index (χ4v) is 1.90. The maximum atomic E-state index is 13.2. The molecular weight excluding hydrogens is 242 g/mol. The Hall–Kier alpha value is -1.13. The van der Waals surface area contributed by atoms with Crippen LogP contribution in [0.25, 0.3) is 5.52 Å². The summed E-state index contributed by atoms with van der Waals surface area (Å²) in [5.41, 5.74) is 0.295. The third-order valence-corrected chi connectivity index (χ3v) is 2.66. The Bertz CT molecular complexity index is 565. The van der Waals surface area contributed by atoms with Gasteiger partial charge in [0.2, 0.25) is 0 Å². The SMILES string of the molecule is CC(=O)c1cc(Cl)c2c(F)cnn2c1Cl. The van der Waals surface area contributed by atoms with Gasteiger partial charge in [0.15, 0.2) is 11.6 Å². The first-order chi connectivity index (χ1) is 7.02. The third kappa shape index (κ3) is 1.50. The molecule has 15 heavy (non-hydrogen) atoms. The van der Waals surface area contributed by atoms with Crippen LogP contribution in [0.5, 0.6) is 0 Å². The van der Waals surface area contributed by atoms with Crippen molar-refractivity contribution in [3.05, 3.63) is 33.8 Å². The molecule has 0 aliphatic rings. The fourth-order valence-electron chi connectivity index (χ4n) is 1.31. The summed E-state index contributed by atoms with van der Waals surface area (Å²) in [6, 6.07) is 1.34. The summed E-state index contributed by atoms with van der Waals surface area (Å²) >= 11 is 11.7. The minimum absolute atomic E-state index is 0.0609. The Kier molecular flexibility index (Phi) is 2.40. The molecule has 0 aromatic carbocycles. The van der Waals surface area contributed by atoms with Crippen LogP contribution in [-0.2, 0) is 0 Å².